The van der Waals surface area contributed by atoms with E-state index in [1.54, 1.807) is 18.2 Å². The average Bonchev–Trinajstić information content (AvgIpc) is 3.02. The number of hydrogen-bond donors (Lipinski definition) is 2. The van der Waals surface area contributed by atoms with Crippen LogP contribution in [0.2, 0.25) is 0 Å². The van der Waals surface area contributed by atoms with Gasteiger partial charge >= 0.3 is 0 Å². The molecule has 0 aromatic heterocycles. The minimum Gasteiger partial charge on any atom is -0.494 e. The second-order valence-corrected chi connectivity index (χ2v) is 7.25. The summed E-state index contributed by atoms with van der Waals surface area (Å²) in [7, 11) is 0. The topological polar surface area (TPSA) is 66.8 Å². The molecule has 1 unspecified atom stereocenters. The SMILES string of the molecule is CSC1=CC(=C/CCCOc2ccccc2)/C(=C/C=C/C(O)CCCO)C1=O. The number of para-hydroxylation sites is 1. The number of rotatable bonds is 11. The minimum atomic E-state index is -0.615. The monoisotopic (exact) mass is 400 g/mol. The summed E-state index contributed by atoms with van der Waals surface area (Å²) in [6.45, 7) is 0.684. The highest BCUT2D eigenvalue weighted by Gasteiger charge is 2.23. The standard InChI is InChI=1S/C23H28O4S/c1-28-22-17-18(9-5-6-16-27-20-12-3-2-4-13-20)21(23(22)26)14-7-10-19(25)11-8-15-24/h2-4,7,9-10,12-14,17,19,24-25H,5-6,8,11,15-16H2,1H3/b10-7+,18-9-,21-14-. The first-order valence-electron chi connectivity index (χ1n) is 9.52. The molecule has 2 N–H and O–H groups in total. The zero-order chi connectivity index (χ0) is 20.2. The molecule has 150 valence electrons. The molecule has 4 nitrogen and oxygen atoms in total. The highest BCUT2D eigenvalue weighted by atomic mass is 32.2. The fourth-order valence-corrected chi connectivity index (χ4v) is 3.31. The molecule has 0 heterocycles. The van der Waals surface area contributed by atoms with Crippen LogP contribution in [0.4, 0.5) is 0 Å². The summed E-state index contributed by atoms with van der Waals surface area (Å²) >= 11 is 1.44. The number of hydrogen-bond acceptors (Lipinski definition) is 5. The third-order valence-corrected chi connectivity index (χ3v) is 5.01. The van der Waals surface area contributed by atoms with Crippen molar-refractivity contribution in [3.05, 3.63) is 76.8 Å². The Bertz CT molecular complexity index is 747. The van der Waals surface area contributed by atoms with E-state index in [2.05, 4.69) is 6.08 Å². The molecule has 0 spiro atoms. The van der Waals surface area contributed by atoms with E-state index in [0.717, 1.165) is 29.1 Å². The van der Waals surface area contributed by atoms with E-state index in [1.165, 1.54) is 11.8 Å². The normalized spacial score (nSPS) is 18.2. The third-order valence-electron chi connectivity index (χ3n) is 4.26. The second kappa shape index (κ2) is 12.4. The van der Waals surface area contributed by atoms with Crippen molar-refractivity contribution in [2.45, 2.75) is 31.8 Å². The number of carbonyl (C=O) groups is 1. The molecular formula is C23H28O4S. The van der Waals surface area contributed by atoms with Crippen molar-refractivity contribution < 1.29 is 19.7 Å². The Hall–Kier alpha value is -2.08. The van der Waals surface area contributed by atoms with E-state index >= 15 is 0 Å². The predicted molar refractivity (Wildman–Crippen MR) is 115 cm³/mol. The van der Waals surface area contributed by atoms with E-state index < -0.39 is 6.10 Å². The molecule has 0 radical (unpaired) electrons. The van der Waals surface area contributed by atoms with Gasteiger partial charge in [-0.2, -0.15) is 0 Å². The number of ketones is 1. The first-order valence-corrected chi connectivity index (χ1v) is 10.7. The third kappa shape index (κ3) is 7.15. The largest absolute Gasteiger partial charge is 0.494 e. The minimum absolute atomic E-state index is 0.0220. The second-order valence-electron chi connectivity index (χ2n) is 6.40. The Morgan fingerprint density at radius 1 is 1.21 bits per heavy atom. The van der Waals surface area contributed by atoms with Gasteiger partial charge in [-0.3, -0.25) is 4.79 Å². The van der Waals surface area contributed by atoms with Gasteiger partial charge in [0.1, 0.15) is 5.75 Å². The molecule has 0 fully saturated rings. The van der Waals surface area contributed by atoms with E-state index in [4.69, 9.17) is 9.84 Å². The van der Waals surface area contributed by atoms with Crippen LogP contribution in [-0.4, -0.2) is 41.6 Å². The van der Waals surface area contributed by atoms with Gasteiger partial charge in [-0.15, -0.1) is 11.8 Å². The quantitative estimate of drug-likeness (QED) is 0.430. The van der Waals surface area contributed by atoms with Crippen LogP contribution < -0.4 is 4.74 Å². The van der Waals surface area contributed by atoms with E-state index in [1.807, 2.05) is 42.7 Å². The van der Waals surface area contributed by atoms with Gasteiger partial charge in [-0.1, -0.05) is 42.5 Å². The number of aliphatic hydroxyl groups excluding tert-OH is 2. The van der Waals surface area contributed by atoms with Crippen molar-refractivity contribution in [1.29, 1.82) is 0 Å². The summed E-state index contributed by atoms with van der Waals surface area (Å²) in [4.78, 5) is 13.2. The van der Waals surface area contributed by atoms with E-state index in [9.17, 15) is 9.90 Å². The first kappa shape index (κ1) is 22.2. The van der Waals surface area contributed by atoms with Crippen molar-refractivity contribution in [3.63, 3.8) is 0 Å². The zero-order valence-electron chi connectivity index (χ0n) is 16.2. The molecular weight excluding hydrogens is 372 g/mol. The summed E-state index contributed by atoms with van der Waals surface area (Å²) in [5, 5.41) is 18.6. The van der Waals surface area contributed by atoms with Gasteiger partial charge in [0.15, 0.2) is 5.78 Å². The maximum atomic E-state index is 12.5. The number of thioether (sulfide) groups is 1. The van der Waals surface area contributed by atoms with Crippen molar-refractivity contribution in [2.75, 3.05) is 19.5 Å². The number of carbonyl (C=O) groups excluding carboxylic acids is 1. The molecule has 28 heavy (non-hydrogen) atoms. The Labute approximate surface area is 171 Å². The Morgan fingerprint density at radius 3 is 2.71 bits per heavy atom. The molecule has 5 heteroatoms. The lowest BCUT2D eigenvalue weighted by atomic mass is 10.1. The summed E-state index contributed by atoms with van der Waals surface area (Å²) < 4.78 is 5.70. The molecule has 0 aliphatic heterocycles. The molecule has 1 aliphatic carbocycles. The lowest BCUT2D eigenvalue weighted by molar-refractivity contribution is -0.111. The zero-order valence-corrected chi connectivity index (χ0v) is 17.0. The van der Waals surface area contributed by atoms with Crippen molar-refractivity contribution in [2.24, 2.45) is 0 Å². The summed E-state index contributed by atoms with van der Waals surface area (Å²) in [6, 6.07) is 9.72. The van der Waals surface area contributed by atoms with Crippen LogP contribution in [0, 0.1) is 0 Å². The van der Waals surface area contributed by atoms with E-state index in [-0.39, 0.29) is 12.4 Å². The Balaban J connectivity index is 1.93. The maximum Gasteiger partial charge on any atom is 0.199 e. The van der Waals surface area contributed by atoms with Crippen molar-refractivity contribution in [3.8, 4) is 5.75 Å². The van der Waals surface area contributed by atoms with Gasteiger partial charge in [-0.25, -0.2) is 0 Å². The fraction of sp³-hybridized carbons (Fsp3) is 0.348. The lowest BCUT2D eigenvalue weighted by Gasteiger charge is -2.05. The van der Waals surface area contributed by atoms with Gasteiger partial charge in [0.25, 0.3) is 0 Å². The van der Waals surface area contributed by atoms with Crippen LogP contribution in [0.3, 0.4) is 0 Å². The number of aliphatic hydroxyl groups is 2. The Kier molecular flexibility index (Phi) is 9.83. The van der Waals surface area contributed by atoms with E-state index in [0.29, 0.717) is 25.0 Å². The number of Topliss-reactive ketones (excluding diaryl/α,β-unsaturated/α-hetero) is 1. The molecule has 1 atom stereocenters. The maximum absolute atomic E-state index is 12.5. The fourth-order valence-electron chi connectivity index (χ4n) is 2.77. The van der Waals surface area contributed by atoms with Crippen LogP contribution in [-0.2, 0) is 4.79 Å². The number of ether oxygens (including phenoxy) is 1. The van der Waals surface area contributed by atoms with Gasteiger partial charge in [0.05, 0.1) is 17.6 Å². The molecule has 0 bridgehead atoms. The van der Waals surface area contributed by atoms with Crippen LogP contribution in [0.15, 0.2) is 76.8 Å². The van der Waals surface area contributed by atoms with Crippen LogP contribution in [0.1, 0.15) is 25.7 Å². The molecule has 1 aromatic rings. The predicted octanol–water partition coefficient (Wildman–Crippen LogP) is 4.22. The van der Waals surface area contributed by atoms with Gasteiger partial charge < -0.3 is 14.9 Å². The molecule has 0 saturated carbocycles. The molecule has 0 saturated heterocycles. The summed E-state index contributed by atoms with van der Waals surface area (Å²) in [5.41, 5.74) is 1.57. The molecule has 1 aromatic carbocycles. The summed E-state index contributed by atoms with van der Waals surface area (Å²) in [6.07, 6.45) is 13.1. The highest BCUT2D eigenvalue weighted by Crippen LogP contribution is 2.32. The number of allylic oxidation sites excluding steroid dienone is 7. The Morgan fingerprint density at radius 2 is 2.00 bits per heavy atom. The first-order chi connectivity index (χ1) is 13.7. The van der Waals surface area contributed by atoms with Crippen molar-refractivity contribution in [1.82, 2.24) is 0 Å². The van der Waals surface area contributed by atoms with Gasteiger partial charge in [-0.05, 0) is 55.7 Å². The van der Waals surface area contributed by atoms with Crippen molar-refractivity contribution >= 4 is 17.5 Å². The summed E-state index contributed by atoms with van der Waals surface area (Å²) in [5.74, 6) is 0.884. The van der Waals surface area contributed by atoms with Crippen LogP contribution in [0.25, 0.3) is 0 Å². The van der Waals surface area contributed by atoms with Gasteiger partial charge in [0.2, 0.25) is 0 Å². The van der Waals surface area contributed by atoms with Crippen LogP contribution in [0.5, 0.6) is 5.75 Å². The number of unbranched alkanes of at least 4 members (excludes halogenated alkanes) is 1. The molecule has 1 aliphatic rings. The number of benzene rings is 1. The molecule has 2 rings (SSSR count). The lowest BCUT2D eigenvalue weighted by Crippen LogP contribution is -2.03. The molecule has 0 amide bonds. The van der Waals surface area contributed by atoms with Gasteiger partial charge in [0, 0.05) is 12.2 Å². The van der Waals surface area contributed by atoms with Crippen LogP contribution >= 0.6 is 11.8 Å². The highest BCUT2D eigenvalue weighted by molar-refractivity contribution is 8.03. The smallest absolute Gasteiger partial charge is 0.199 e. The average molecular weight is 401 g/mol.